The molecule has 3 heteroatoms. The number of nitrogens with two attached hydrogens (primary N) is 1. The average molecular weight is 184 g/mol. The topological polar surface area (TPSA) is 55.1 Å². The van der Waals surface area contributed by atoms with E-state index < -0.39 is 0 Å². The Hall–Kier alpha value is -0.570. The molecule has 1 aliphatic rings. The highest BCUT2D eigenvalue weighted by Crippen LogP contribution is 2.45. The molecular weight excluding hydrogens is 164 g/mol. The molecule has 0 unspecified atom stereocenters. The first-order chi connectivity index (χ1) is 5.96. The Morgan fingerprint density at radius 1 is 1.54 bits per heavy atom. The van der Waals surface area contributed by atoms with Gasteiger partial charge in [0.1, 0.15) is 0 Å². The largest absolute Gasteiger partial charge is 0.351 e. The van der Waals surface area contributed by atoms with Crippen LogP contribution < -0.4 is 11.1 Å². The predicted octanol–water partition coefficient (Wildman–Crippen LogP) is 1.03. The molecule has 3 nitrogen and oxygen atoms in total. The van der Waals surface area contributed by atoms with E-state index in [1.165, 1.54) is 0 Å². The third kappa shape index (κ3) is 2.21. The molecule has 0 atom stereocenters. The van der Waals surface area contributed by atoms with Gasteiger partial charge in [0.05, 0.1) is 5.41 Å². The van der Waals surface area contributed by atoms with Gasteiger partial charge in [0.2, 0.25) is 5.91 Å². The van der Waals surface area contributed by atoms with Gasteiger partial charge in [0.15, 0.2) is 0 Å². The van der Waals surface area contributed by atoms with Gasteiger partial charge in [-0.3, -0.25) is 4.79 Å². The van der Waals surface area contributed by atoms with Gasteiger partial charge in [-0.1, -0.05) is 6.92 Å². The van der Waals surface area contributed by atoms with Crippen LogP contribution in [0.3, 0.4) is 0 Å². The Labute approximate surface area is 80.1 Å². The van der Waals surface area contributed by atoms with Crippen LogP contribution in [0.1, 0.15) is 40.0 Å². The number of carbonyl (C=O) groups is 1. The summed E-state index contributed by atoms with van der Waals surface area (Å²) in [5.74, 6) is 0.141. The molecule has 1 amide bonds. The van der Waals surface area contributed by atoms with E-state index >= 15 is 0 Å². The Bertz CT molecular complexity index is 207. The summed E-state index contributed by atoms with van der Waals surface area (Å²) in [5, 5.41) is 3.04. The molecule has 3 N–H and O–H groups in total. The fourth-order valence-electron chi connectivity index (χ4n) is 1.20. The van der Waals surface area contributed by atoms with Crippen LogP contribution in [-0.2, 0) is 4.79 Å². The molecule has 0 radical (unpaired) electrons. The van der Waals surface area contributed by atoms with E-state index in [-0.39, 0.29) is 16.9 Å². The molecule has 1 rings (SSSR count). The number of rotatable bonds is 4. The Morgan fingerprint density at radius 3 is 2.38 bits per heavy atom. The van der Waals surface area contributed by atoms with E-state index in [4.69, 9.17) is 5.73 Å². The third-order valence-electron chi connectivity index (χ3n) is 3.06. The summed E-state index contributed by atoms with van der Waals surface area (Å²) < 4.78 is 0. The fraction of sp³-hybridized carbons (Fsp3) is 0.900. The summed E-state index contributed by atoms with van der Waals surface area (Å²) in [4.78, 5) is 11.7. The van der Waals surface area contributed by atoms with Crippen molar-refractivity contribution in [2.24, 2.45) is 11.1 Å². The van der Waals surface area contributed by atoms with Gasteiger partial charge >= 0.3 is 0 Å². The lowest BCUT2D eigenvalue weighted by Crippen LogP contribution is -2.48. The number of hydrogen-bond donors (Lipinski definition) is 2. The van der Waals surface area contributed by atoms with Crippen LogP contribution in [0.4, 0.5) is 0 Å². The van der Waals surface area contributed by atoms with Crippen molar-refractivity contribution < 1.29 is 4.79 Å². The quantitative estimate of drug-likeness (QED) is 0.685. The maximum atomic E-state index is 11.7. The highest BCUT2D eigenvalue weighted by Gasteiger charge is 2.49. The first kappa shape index (κ1) is 10.5. The SMILES string of the molecule is CCC(C)(C)NC(=O)C1(CN)CC1. The second-order valence-corrected chi connectivity index (χ2v) is 4.68. The standard InChI is InChI=1S/C10H20N2O/c1-4-9(2,3)12-8(13)10(7-11)5-6-10/h4-7,11H2,1-3H3,(H,12,13). The average Bonchev–Trinajstić information content (AvgIpc) is 2.84. The molecule has 0 aromatic heterocycles. The van der Waals surface area contributed by atoms with E-state index in [0.717, 1.165) is 19.3 Å². The van der Waals surface area contributed by atoms with Crippen LogP contribution in [0.25, 0.3) is 0 Å². The molecule has 13 heavy (non-hydrogen) atoms. The molecule has 0 aromatic carbocycles. The lowest BCUT2D eigenvalue weighted by Gasteiger charge is -2.27. The Kier molecular flexibility index (Phi) is 2.66. The van der Waals surface area contributed by atoms with Gasteiger partial charge in [-0.2, -0.15) is 0 Å². The number of hydrogen-bond acceptors (Lipinski definition) is 2. The summed E-state index contributed by atoms with van der Waals surface area (Å²) >= 11 is 0. The minimum Gasteiger partial charge on any atom is -0.351 e. The fourth-order valence-corrected chi connectivity index (χ4v) is 1.20. The van der Waals surface area contributed by atoms with Gasteiger partial charge < -0.3 is 11.1 Å². The summed E-state index contributed by atoms with van der Waals surface area (Å²) in [6, 6.07) is 0. The molecule has 0 aromatic rings. The van der Waals surface area contributed by atoms with Crippen LogP contribution in [0.5, 0.6) is 0 Å². The second-order valence-electron chi connectivity index (χ2n) is 4.68. The van der Waals surface area contributed by atoms with E-state index in [0.29, 0.717) is 6.54 Å². The van der Waals surface area contributed by atoms with Crippen molar-refractivity contribution in [1.82, 2.24) is 5.32 Å². The highest BCUT2D eigenvalue weighted by molar-refractivity contribution is 5.86. The number of nitrogens with one attached hydrogen (secondary N) is 1. The summed E-state index contributed by atoms with van der Waals surface area (Å²) in [5.41, 5.74) is 5.26. The zero-order valence-corrected chi connectivity index (χ0v) is 8.81. The number of amides is 1. The van der Waals surface area contributed by atoms with Crippen molar-refractivity contribution in [1.29, 1.82) is 0 Å². The van der Waals surface area contributed by atoms with E-state index in [2.05, 4.69) is 12.2 Å². The molecule has 0 aliphatic heterocycles. The predicted molar refractivity (Wildman–Crippen MR) is 53.2 cm³/mol. The van der Waals surface area contributed by atoms with Crippen molar-refractivity contribution in [2.75, 3.05) is 6.54 Å². The van der Waals surface area contributed by atoms with Crippen molar-refractivity contribution in [2.45, 2.75) is 45.6 Å². The molecule has 1 saturated carbocycles. The van der Waals surface area contributed by atoms with E-state index in [1.807, 2.05) is 13.8 Å². The molecule has 0 bridgehead atoms. The summed E-state index contributed by atoms with van der Waals surface area (Å²) in [6.45, 7) is 6.63. The molecule has 1 aliphatic carbocycles. The lowest BCUT2D eigenvalue weighted by atomic mass is 9.99. The minimum atomic E-state index is -0.216. The van der Waals surface area contributed by atoms with Crippen LogP contribution in [0.2, 0.25) is 0 Å². The van der Waals surface area contributed by atoms with E-state index in [1.54, 1.807) is 0 Å². The zero-order chi connectivity index (χ0) is 10.1. The van der Waals surface area contributed by atoms with Crippen molar-refractivity contribution in [3.05, 3.63) is 0 Å². The van der Waals surface area contributed by atoms with Crippen LogP contribution in [0, 0.1) is 5.41 Å². The minimum absolute atomic E-state index is 0.0954. The van der Waals surface area contributed by atoms with Gasteiger partial charge in [0, 0.05) is 12.1 Å². The molecular formula is C10H20N2O. The normalized spacial score (nSPS) is 19.7. The van der Waals surface area contributed by atoms with Gasteiger partial charge in [-0.15, -0.1) is 0 Å². The van der Waals surface area contributed by atoms with Gasteiger partial charge in [0.25, 0.3) is 0 Å². The van der Waals surface area contributed by atoms with E-state index in [9.17, 15) is 4.79 Å². The maximum absolute atomic E-state index is 11.7. The second kappa shape index (κ2) is 3.29. The molecule has 0 saturated heterocycles. The Balaban J connectivity index is 2.51. The number of carbonyl (C=O) groups excluding carboxylic acids is 1. The third-order valence-corrected chi connectivity index (χ3v) is 3.06. The van der Waals surface area contributed by atoms with Crippen LogP contribution >= 0.6 is 0 Å². The van der Waals surface area contributed by atoms with Crippen LogP contribution in [-0.4, -0.2) is 18.0 Å². The molecule has 0 heterocycles. The Morgan fingerprint density at radius 2 is 2.08 bits per heavy atom. The molecule has 76 valence electrons. The van der Waals surface area contributed by atoms with Crippen molar-refractivity contribution in [3.8, 4) is 0 Å². The summed E-state index contributed by atoms with van der Waals surface area (Å²) in [6.07, 6.45) is 2.85. The first-order valence-electron chi connectivity index (χ1n) is 4.98. The van der Waals surface area contributed by atoms with Gasteiger partial charge in [-0.25, -0.2) is 0 Å². The van der Waals surface area contributed by atoms with Crippen molar-refractivity contribution in [3.63, 3.8) is 0 Å². The van der Waals surface area contributed by atoms with Gasteiger partial charge in [-0.05, 0) is 33.1 Å². The monoisotopic (exact) mass is 184 g/mol. The van der Waals surface area contributed by atoms with Crippen molar-refractivity contribution >= 4 is 5.91 Å². The zero-order valence-electron chi connectivity index (χ0n) is 8.81. The first-order valence-corrected chi connectivity index (χ1v) is 4.98. The lowest BCUT2D eigenvalue weighted by molar-refractivity contribution is -0.127. The maximum Gasteiger partial charge on any atom is 0.227 e. The van der Waals surface area contributed by atoms with Crippen LogP contribution in [0.15, 0.2) is 0 Å². The summed E-state index contributed by atoms with van der Waals surface area (Å²) in [7, 11) is 0. The molecule has 1 fully saturated rings. The smallest absolute Gasteiger partial charge is 0.227 e. The highest BCUT2D eigenvalue weighted by atomic mass is 16.2. The molecule has 0 spiro atoms.